The van der Waals surface area contributed by atoms with Crippen molar-refractivity contribution in [2.24, 2.45) is 0 Å². The van der Waals surface area contributed by atoms with Gasteiger partial charge in [-0.25, -0.2) is 26.7 Å². The van der Waals surface area contributed by atoms with Crippen molar-refractivity contribution in [1.82, 2.24) is 0 Å². The van der Waals surface area contributed by atoms with Gasteiger partial charge in [0.15, 0.2) is 23.3 Å². The van der Waals surface area contributed by atoms with Crippen LogP contribution in [0.5, 0.6) is 5.75 Å². The van der Waals surface area contributed by atoms with E-state index in [0.29, 0.717) is 5.56 Å². The number of carbonyl (C=O) groups excluding carboxylic acids is 1. The van der Waals surface area contributed by atoms with Crippen molar-refractivity contribution >= 4 is 12.0 Å². The summed E-state index contributed by atoms with van der Waals surface area (Å²) in [6.45, 7) is 3.49. The van der Waals surface area contributed by atoms with Gasteiger partial charge in [-0.1, -0.05) is 24.8 Å². The molecule has 22 heavy (non-hydrogen) atoms. The third-order valence-electron chi connectivity index (χ3n) is 2.74. The molecule has 0 aliphatic rings. The van der Waals surface area contributed by atoms with Crippen molar-refractivity contribution in [1.29, 1.82) is 0 Å². The minimum absolute atomic E-state index is 0.125. The molecule has 0 atom stereocenters. The molecule has 0 aromatic heterocycles. The van der Waals surface area contributed by atoms with Crippen molar-refractivity contribution in [2.75, 3.05) is 0 Å². The van der Waals surface area contributed by atoms with Gasteiger partial charge in [0, 0.05) is 0 Å². The molecule has 0 aliphatic carbocycles. The molecular weight excluding hydrogens is 307 g/mol. The fourth-order valence-electron chi connectivity index (χ4n) is 1.61. The molecule has 0 unspecified atom stereocenters. The molecule has 0 spiro atoms. The van der Waals surface area contributed by atoms with E-state index in [0.717, 1.165) is 0 Å². The molecule has 2 aromatic carbocycles. The standard InChI is InChI=1S/C15H7F5O2/c1-2-7-3-5-8(6-4-7)22-15(21)9-10(16)12(18)14(20)13(19)11(9)17/h2-6H,1H2. The molecule has 0 aliphatic heterocycles. The first-order chi connectivity index (χ1) is 10.4. The third-order valence-corrected chi connectivity index (χ3v) is 2.74. The number of hydrogen-bond acceptors (Lipinski definition) is 2. The van der Waals surface area contributed by atoms with Gasteiger partial charge >= 0.3 is 5.97 Å². The van der Waals surface area contributed by atoms with E-state index >= 15 is 0 Å². The van der Waals surface area contributed by atoms with Gasteiger partial charge in [0.2, 0.25) is 5.82 Å². The first kappa shape index (κ1) is 15.7. The first-order valence-electron chi connectivity index (χ1n) is 5.83. The molecule has 2 rings (SSSR count). The molecule has 0 heterocycles. The molecule has 0 N–H and O–H groups in total. The Morgan fingerprint density at radius 2 is 1.32 bits per heavy atom. The molecule has 0 amide bonds. The Bertz CT molecular complexity index is 725. The highest BCUT2D eigenvalue weighted by atomic mass is 19.2. The molecule has 0 fully saturated rings. The van der Waals surface area contributed by atoms with Crippen molar-refractivity contribution in [3.8, 4) is 5.75 Å². The Morgan fingerprint density at radius 1 is 0.864 bits per heavy atom. The fourth-order valence-corrected chi connectivity index (χ4v) is 1.61. The first-order valence-corrected chi connectivity index (χ1v) is 5.83. The van der Waals surface area contributed by atoms with Gasteiger partial charge in [0.25, 0.3) is 0 Å². The number of esters is 1. The van der Waals surface area contributed by atoms with Crippen LogP contribution in [0.3, 0.4) is 0 Å². The lowest BCUT2D eigenvalue weighted by Gasteiger charge is -2.08. The average molecular weight is 314 g/mol. The number of benzene rings is 2. The number of rotatable bonds is 3. The highest BCUT2D eigenvalue weighted by molar-refractivity contribution is 5.91. The average Bonchev–Trinajstić information content (AvgIpc) is 2.52. The summed E-state index contributed by atoms with van der Waals surface area (Å²) < 4.78 is 70.4. The van der Waals surface area contributed by atoms with Gasteiger partial charge in [-0.15, -0.1) is 0 Å². The van der Waals surface area contributed by atoms with Gasteiger partial charge in [0.1, 0.15) is 11.3 Å². The van der Waals surface area contributed by atoms with Crippen molar-refractivity contribution in [3.05, 3.63) is 71.1 Å². The van der Waals surface area contributed by atoms with Crippen LogP contribution in [-0.4, -0.2) is 5.97 Å². The summed E-state index contributed by atoms with van der Waals surface area (Å²) in [6.07, 6.45) is 1.50. The van der Waals surface area contributed by atoms with E-state index in [1.807, 2.05) is 0 Å². The quantitative estimate of drug-likeness (QED) is 0.278. The summed E-state index contributed by atoms with van der Waals surface area (Å²) in [6, 6.07) is 5.52. The van der Waals surface area contributed by atoms with Crippen LogP contribution in [0.4, 0.5) is 22.0 Å². The van der Waals surface area contributed by atoms with Crippen LogP contribution in [0.1, 0.15) is 15.9 Å². The minimum atomic E-state index is -2.35. The maximum atomic E-state index is 13.4. The monoisotopic (exact) mass is 314 g/mol. The Kier molecular flexibility index (Phi) is 4.25. The second-order valence-electron chi connectivity index (χ2n) is 4.11. The Balaban J connectivity index is 2.39. The van der Waals surface area contributed by atoms with E-state index in [2.05, 4.69) is 11.3 Å². The smallest absolute Gasteiger partial charge is 0.349 e. The zero-order valence-corrected chi connectivity index (χ0v) is 10.8. The minimum Gasteiger partial charge on any atom is -0.423 e. The lowest BCUT2D eigenvalue weighted by Crippen LogP contribution is -2.17. The van der Waals surface area contributed by atoms with E-state index in [1.165, 1.54) is 30.3 Å². The topological polar surface area (TPSA) is 26.3 Å². The second-order valence-corrected chi connectivity index (χ2v) is 4.11. The van der Waals surface area contributed by atoms with Crippen LogP contribution in [0.15, 0.2) is 30.8 Å². The van der Waals surface area contributed by atoms with Gasteiger partial charge in [-0.05, 0) is 17.7 Å². The fraction of sp³-hybridized carbons (Fsp3) is 0. The molecule has 0 radical (unpaired) electrons. The lowest BCUT2D eigenvalue weighted by atomic mass is 10.1. The van der Waals surface area contributed by atoms with Gasteiger partial charge in [-0.3, -0.25) is 0 Å². The van der Waals surface area contributed by atoms with Crippen molar-refractivity contribution in [2.45, 2.75) is 0 Å². The van der Waals surface area contributed by atoms with Gasteiger partial charge in [-0.2, -0.15) is 0 Å². The zero-order chi connectivity index (χ0) is 16.4. The second kappa shape index (κ2) is 5.97. The van der Waals surface area contributed by atoms with Crippen LogP contribution in [0.25, 0.3) is 6.08 Å². The molecule has 2 aromatic rings. The summed E-state index contributed by atoms with van der Waals surface area (Å²) in [5, 5.41) is 0. The van der Waals surface area contributed by atoms with Gasteiger partial charge in [0.05, 0.1) is 0 Å². The third kappa shape index (κ3) is 2.69. The molecule has 7 heteroatoms. The lowest BCUT2D eigenvalue weighted by molar-refractivity contribution is 0.0721. The maximum Gasteiger partial charge on any atom is 0.349 e. The number of halogens is 5. The largest absolute Gasteiger partial charge is 0.423 e. The summed E-state index contributed by atoms with van der Waals surface area (Å²) in [5.74, 6) is -13.1. The molecule has 0 saturated carbocycles. The van der Waals surface area contributed by atoms with Crippen molar-refractivity contribution in [3.63, 3.8) is 0 Å². The molecule has 2 nitrogen and oxygen atoms in total. The summed E-state index contributed by atoms with van der Waals surface area (Å²) >= 11 is 0. The van der Waals surface area contributed by atoms with E-state index in [9.17, 15) is 26.7 Å². The van der Waals surface area contributed by atoms with Crippen LogP contribution in [-0.2, 0) is 0 Å². The zero-order valence-electron chi connectivity index (χ0n) is 10.8. The normalized spacial score (nSPS) is 10.4. The van der Waals surface area contributed by atoms with E-state index in [1.54, 1.807) is 0 Å². The Hall–Kier alpha value is -2.70. The van der Waals surface area contributed by atoms with E-state index < -0.39 is 40.6 Å². The number of hydrogen-bond donors (Lipinski definition) is 0. The predicted octanol–water partition coefficient (Wildman–Crippen LogP) is 4.24. The maximum absolute atomic E-state index is 13.4. The number of ether oxygens (including phenoxy) is 1. The summed E-state index contributed by atoms with van der Waals surface area (Å²) in [7, 11) is 0. The summed E-state index contributed by atoms with van der Waals surface area (Å²) in [5.41, 5.74) is -0.972. The van der Waals surface area contributed by atoms with E-state index in [-0.39, 0.29) is 5.75 Å². The molecular formula is C15H7F5O2. The highest BCUT2D eigenvalue weighted by Gasteiger charge is 2.30. The van der Waals surface area contributed by atoms with E-state index in [4.69, 9.17) is 0 Å². The molecule has 0 bridgehead atoms. The number of carbonyl (C=O) groups is 1. The van der Waals surface area contributed by atoms with Crippen LogP contribution in [0.2, 0.25) is 0 Å². The summed E-state index contributed by atoms with van der Waals surface area (Å²) in [4.78, 5) is 11.6. The van der Waals surface area contributed by atoms with Crippen LogP contribution < -0.4 is 4.74 Å². The predicted molar refractivity (Wildman–Crippen MR) is 67.7 cm³/mol. The highest BCUT2D eigenvalue weighted by Crippen LogP contribution is 2.24. The van der Waals surface area contributed by atoms with Crippen LogP contribution in [0, 0.1) is 29.1 Å². The molecule has 114 valence electrons. The van der Waals surface area contributed by atoms with Gasteiger partial charge < -0.3 is 4.74 Å². The van der Waals surface area contributed by atoms with Crippen LogP contribution >= 0.6 is 0 Å². The Morgan fingerprint density at radius 3 is 1.77 bits per heavy atom. The SMILES string of the molecule is C=Cc1ccc(OC(=O)c2c(F)c(F)c(F)c(F)c2F)cc1. The Labute approximate surface area is 121 Å². The molecule has 0 saturated heterocycles. The van der Waals surface area contributed by atoms with Crippen molar-refractivity contribution < 1.29 is 31.5 Å².